The topological polar surface area (TPSA) is 56.0 Å². The molecule has 0 fully saturated rings. The number of carbonyl (C=O) groups excluding carboxylic acids is 1. The van der Waals surface area contributed by atoms with E-state index in [0.29, 0.717) is 11.6 Å². The van der Waals surface area contributed by atoms with Crippen LogP contribution in [-0.4, -0.2) is 11.3 Å². The van der Waals surface area contributed by atoms with E-state index in [1.807, 2.05) is 37.3 Å². The SMILES string of the molecule is CCc1cnc(C=O)s1.NCc1ccccc1.[HH]. The van der Waals surface area contributed by atoms with Gasteiger partial charge in [-0.15, -0.1) is 11.3 Å². The molecule has 2 rings (SSSR count). The molecule has 3 nitrogen and oxygen atoms in total. The first kappa shape index (κ1) is 13.5. The Hall–Kier alpha value is -1.52. The van der Waals surface area contributed by atoms with E-state index >= 15 is 0 Å². The average Bonchev–Trinajstić information content (AvgIpc) is 2.88. The van der Waals surface area contributed by atoms with E-state index in [1.54, 1.807) is 6.20 Å². The fourth-order valence-electron chi connectivity index (χ4n) is 1.15. The molecular weight excluding hydrogens is 232 g/mol. The zero-order valence-corrected chi connectivity index (χ0v) is 10.6. The smallest absolute Gasteiger partial charge is 0.178 e. The summed E-state index contributed by atoms with van der Waals surface area (Å²) in [6.07, 6.45) is 3.49. The Balaban J connectivity index is 0.000000306. The van der Waals surface area contributed by atoms with E-state index in [-0.39, 0.29) is 1.43 Å². The van der Waals surface area contributed by atoms with Gasteiger partial charge in [0.25, 0.3) is 0 Å². The number of benzene rings is 1. The lowest BCUT2D eigenvalue weighted by Crippen LogP contribution is -1.94. The number of carbonyl (C=O) groups is 1. The Morgan fingerprint density at radius 1 is 1.41 bits per heavy atom. The first-order valence-electron chi connectivity index (χ1n) is 5.44. The molecule has 1 aromatic heterocycles. The largest absolute Gasteiger partial charge is 0.326 e. The van der Waals surface area contributed by atoms with Crippen molar-refractivity contribution in [2.45, 2.75) is 19.9 Å². The monoisotopic (exact) mass is 250 g/mol. The lowest BCUT2D eigenvalue weighted by Gasteiger charge is -1.90. The van der Waals surface area contributed by atoms with Gasteiger partial charge in [0.2, 0.25) is 0 Å². The number of rotatable bonds is 3. The maximum atomic E-state index is 10.1. The molecule has 4 heteroatoms. The Kier molecular flexibility index (Phi) is 6.14. The van der Waals surface area contributed by atoms with Gasteiger partial charge in [0.15, 0.2) is 11.3 Å². The second-order valence-electron chi connectivity index (χ2n) is 3.33. The molecule has 1 aromatic carbocycles. The summed E-state index contributed by atoms with van der Waals surface area (Å²) in [5, 5.41) is 0.576. The minimum Gasteiger partial charge on any atom is -0.326 e. The fraction of sp³-hybridized carbons (Fsp3) is 0.231. The number of aldehydes is 1. The Morgan fingerprint density at radius 2 is 2.12 bits per heavy atom. The number of aromatic nitrogens is 1. The van der Waals surface area contributed by atoms with Crippen molar-refractivity contribution in [2.75, 3.05) is 0 Å². The van der Waals surface area contributed by atoms with E-state index in [4.69, 9.17) is 5.73 Å². The Morgan fingerprint density at radius 3 is 2.47 bits per heavy atom. The predicted molar refractivity (Wildman–Crippen MR) is 73.3 cm³/mol. The van der Waals surface area contributed by atoms with Crippen LogP contribution in [0, 0.1) is 0 Å². The molecule has 0 saturated carbocycles. The van der Waals surface area contributed by atoms with E-state index in [2.05, 4.69) is 4.98 Å². The molecule has 0 amide bonds. The summed E-state index contributed by atoms with van der Waals surface area (Å²) >= 11 is 1.45. The van der Waals surface area contributed by atoms with Gasteiger partial charge in [-0.2, -0.15) is 0 Å². The van der Waals surface area contributed by atoms with Crippen molar-refractivity contribution in [3.63, 3.8) is 0 Å². The number of nitrogens with two attached hydrogens (primary N) is 1. The van der Waals surface area contributed by atoms with Crippen LogP contribution in [0.15, 0.2) is 36.5 Å². The van der Waals surface area contributed by atoms with Crippen molar-refractivity contribution < 1.29 is 6.22 Å². The molecule has 1 heterocycles. The highest BCUT2D eigenvalue weighted by atomic mass is 32.1. The first-order chi connectivity index (χ1) is 8.30. The normalized spacial score (nSPS) is 9.29. The quantitative estimate of drug-likeness (QED) is 0.852. The predicted octanol–water partition coefficient (Wildman–Crippen LogP) is 2.91. The summed E-state index contributed by atoms with van der Waals surface area (Å²) < 4.78 is 0. The molecule has 92 valence electrons. The third-order valence-electron chi connectivity index (χ3n) is 2.10. The molecule has 0 radical (unpaired) electrons. The maximum absolute atomic E-state index is 10.1. The van der Waals surface area contributed by atoms with E-state index in [1.165, 1.54) is 16.9 Å². The van der Waals surface area contributed by atoms with E-state index in [0.717, 1.165) is 17.6 Å². The van der Waals surface area contributed by atoms with Gasteiger partial charge in [-0.05, 0) is 12.0 Å². The van der Waals surface area contributed by atoms with Crippen molar-refractivity contribution in [1.29, 1.82) is 0 Å². The molecule has 0 aliphatic heterocycles. The van der Waals surface area contributed by atoms with Crippen LogP contribution in [0.5, 0.6) is 0 Å². The molecule has 17 heavy (non-hydrogen) atoms. The van der Waals surface area contributed by atoms with Crippen LogP contribution in [0.3, 0.4) is 0 Å². The van der Waals surface area contributed by atoms with Gasteiger partial charge in [-0.1, -0.05) is 37.3 Å². The number of hydrogen-bond donors (Lipinski definition) is 1. The van der Waals surface area contributed by atoms with Gasteiger partial charge in [0.05, 0.1) is 0 Å². The maximum Gasteiger partial charge on any atom is 0.178 e. The van der Waals surface area contributed by atoms with Crippen LogP contribution in [0.4, 0.5) is 0 Å². The highest BCUT2D eigenvalue weighted by Gasteiger charge is 1.95. The molecule has 0 spiro atoms. The lowest BCUT2D eigenvalue weighted by atomic mass is 10.2. The van der Waals surface area contributed by atoms with E-state index in [9.17, 15) is 4.79 Å². The first-order valence-corrected chi connectivity index (χ1v) is 6.25. The summed E-state index contributed by atoms with van der Waals surface area (Å²) in [7, 11) is 0. The highest BCUT2D eigenvalue weighted by Crippen LogP contribution is 2.10. The van der Waals surface area contributed by atoms with Gasteiger partial charge < -0.3 is 5.73 Å². The van der Waals surface area contributed by atoms with Crippen LogP contribution in [0.2, 0.25) is 0 Å². The summed E-state index contributed by atoms with van der Waals surface area (Å²) in [5.41, 5.74) is 6.54. The molecule has 0 saturated heterocycles. The zero-order valence-electron chi connectivity index (χ0n) is 9.80. The molecule has 0 atom stereocenters. The molecule has 0 aliphatic carbocycles. The minimum absolute atomic E-state index is 0. The molecule has 2 aromatic rings. The van der Waals surface area contributed by atoms with Gasteiger partial charge >= 0.3 is 0 Å². The van der Waals surface area contributed by atoms with Crippen LogP contribution in [-0.2, 0) is 13.0 Å². The van der Waals surface area contributed by atoms with E-state index < -0.39 is 0 Å². The van der Waals surface area contributed by atoms with Crippen LogP contribution in [0.25, 0.3) is 0 Å². The van der Waals surface area contributed by atoms with Crippen molar-refractivity contribution in [3.05, 3.63) is 52.0 Å². The van der Waals surface area contributed by atoms with Crippen LogP contribution >= 0.6 is 11.3 Å². The van der Waals surface area contributed by atoms with Crippen LogP contribution in [0.1, 0.15) is 28.6 Å². The molecule has 0 unspecified atom stereocenters. The molecule has 2 N–H and O–H groups in total. The number of thiazole rings is 1. The summed E-state index contributed by atoms with van der Waals surface area (Å²) in [4.78, 5) is 15.1. The second kappa shape index (κ2) is 7.70. The van der Waals surface area contributed by atoms with Crippen molar-refractivity contribution in [1.82, 2.24) is 4.98 Å². The third kappa shape index (κ3) is 4.89. The summed E-state index contributed by atoms with van der Waals surface area (Å²) in [6.45, 7) is 2.68. The molecule has 0 bridgehead atoms. The summed E-state index contributed by atoms with van der Waals surface area (Å²) in [6, 6.07) is 9.99. The Bertz CT molecular complexity index is 445. The molecule has 0 aliphatic rings. The fourth-order valence-corrected chi connectivity index (χ4v) is 1.83. The van der Waals surface area contributed by atoms with Crippen molar-refractivity contribution >= 4 is 17.6 Å². The third-order valence-corrected chi connectivity index (χ3v) is 3.17. The van der Waals surface area contributed by atoms with Crippen molar-refractivity contribution in [2.24, 2.45) is 5.73 Å². The lowest BCUT2D eigenvalue weighted by molar-refractivity contribution is 0.112. The number of hydrogen-bond acceptors (Lipinski definition) is 4. The van der Waals surface area contributed by atoms with Gasteiger partial charge in [-0.25, -0.2) is 4.98 Å². The molecular formula is C13H18N2OS. The van der Waals surface area contributed by atoms with Crippen molar-refractivity contribution in [3.8, 4) is 0 Å². The van der Waals surface area contributed by atoms with Gasteiger partial charge in [0, 0.05) is 19.0 Å². The second-order valence-corrected chi connectivity index (χ2v) is 4.47. The zero-order chi connectivity index (χ0) is 12.5. The number of aryl methyl sites for hydroxylation is 1. The number of nitrogens with zero attached hydrogens (tertiary/aromatic N) is 1. The van der Waals surface area contributed by atoms with Crippen LogP contribution < -0.4 is 5.73 Å². The van der Waals surface area contributed by atoms with Gasteiger partial charge in [0.1, 0.15) is 0 Å². The highest BCUT2D eigenvalue weighted by molar-refractivity contribution is 7.13. The Labute approximate surface area is 107 Å². The minimum atomic E-state index is 0. The summed E-state index contributed by atoms with van der Waals surface area (Å²) in [5.74, 6) is 0. The van der Waals surface area contributed by atoms with Gasteiger partial charge in [-0.3, -0.25) is 4.79 Å². The average molecular weight is 250 g/mol. The standard InChI is InChI=1S/C7H9N.C6H7NOS.H2/c8-6-7-4-2-1-3-5-7;1-2-5-3-7-6(4-8)9-5;/h1-5H,6,8H2;3-4H,2H2,1H3;1H.